The number of hydrogen-bond donors (Lipinski definition) is 4. The molecular formula is C47H86N2O14. The van der Waals surface area contributed by atoms with E-state index >= 15 is 0 Å². The van der Waals surface area contributed by atoms with Crippen molar-refractivity contribution in [2.75, 3.05) is 27.8 Å². The lowest BCUT2D eigenvalue weighted by molar-refractivity contribution is -0.318. The minimum absolute atomic E-state index is 0.0153. The number of cyclic esters (lactones) is 1. The summed E-state index contributed by atoms with van der Waals surface area (Å²) in [4.78, 5) is 34.5. The Labute approximate surface area is 378 Å². The van der Waals surface area contributed by atoms with Crippen LogP contribution in [0.2, 0.25) is 0 Å². The van der Waals surface area contributed by atoms with Crippen LogP contribution in [0.15, 0.2) is 5.16 Å². The predicted octanol–water partition coefficient (Wildman–Crippen LogP) is 5.52. The van der Waals surface area contributed by atoms with Crippen molar-refractivity contribution in [2.45, 2.75) is 232 Å². The van der Waals surface area contributed by atoms with E-state index in [4.69, 9.17) is 38.0 Å². The molecule has 3 aliphatic rings. The van der Waals surface area contributed by atoms with Crippen LogP contribution in [-0.4, -0.2) is 155 Å². The maximum Gasteiger partial charge on any atom is 0.311 e. The number of carbonyl (C=O) groups excluding carboxylic acids is 2. The van der Waals surface area contributed by atoms with Gasteiger partial charge in [0.05, 0.1) is 47.8 Å². The van der Waals surface area contributed by atoms with Gasteiger partial charge in [0.15, 0.2) is 18.7 Å². The number of aliphatic hydroxyl groups excluding tert-OH is 2. The molecule has 3 fully saturated rings. The molecule has 3 aliphatic heterocycles. The highest BCUT2D eigenvalue weighted by Crippen LogP contribution is 2.41. The molecule has 0 amide bonds. The molecule has 3 heterocycles. The summed E-state index contributed by atoms with van der Waals surface area (Å²) in [5.41, 5.74) is -4.33. The number of oxime groups is 1. The highest BCUT2D eigenvalue weighted by Gasteiger charge is 2.54. The Morgan fingerprint density at radius 3 is 2.11 bits per heavy atom. The van der Waals surface area contributed by atoms with Gasteiger partial charge in [0.1, 0.15) is 30.0 Å². The maximum absolute atomic E-state index is 14.5. The second-order valence-electron chi connectivity index (χ2n) is 19.8. The van der Waals surface area contributed by atoms with Gasteiger partial charge in [-0.25, -0.2) is 0 Å². The lowest BCUT2D eigenvalue weighted by atomic mass is 9.73. The van der Waals surface area contributed by atoms with Gasteiger partial charge < -0.3 is 63.3 Å². The van der Waals surface area contributed by atoms with Crippen LogP contribution in [0.25, 0.3) is 0 Å². The molecule has 0 aromatic rings. The molecule has 0 aliphatic carbocycles. The Morgan fingerprint density at radius 1 is 0.889 bits per heavy atom. The first-order chi connectivity index (χ1) is 29.4. The first kappa shape index (κ1) is 55.3. The number of hydrogen-bond acceptors (Lipinski definition) is 16. The number of carbonyl (C=O) groups is 2. The Bertz CT molecular complexity index is 1450. The number of aliphatic hydroxyl groups is 4. The lowest BCUT2D eigenvalue weighted by Crippen LogP contribution is -2.61. The zero-order valence-corrected chi connectivity index (χ0v) is 41.2. The van der Waals surface area contributed by atoms with Crippen molar-refractivity contribution in [1.29, 1.82) is 0 Å². The van der Waals surface area contributed by atoms with Crippen molar-refractivity contribution >= 4 is 17.7 Å². The molecule has 16 nitrogen and oxygen atoms in total. The number of ether oxygens (including phenoxy) is 7. The molecule has 63 heavy (non-hydrogen) atoms. The van der Waals surface area contributed by atoms with Gasteiger partial charge in [0.25, 0.3) is 0 Å². The second-order valence-corrected chi connectivity index (χ2v) is 19.8. The predicted molar refractivity (Wildman–Crippen MR) is 238 cm³/mol. The van der Waals surface area contributed by atoms with Gasteiger partial charge in [-0.1, -0.05) is 65.5 Å². The third-order valence-electron chi connectivity index (χ3n) is 13.9. The third kappa shape index (κ3) is 14.3. The number of likely N-dealkylation sites (N-methyl/N-ethyl adjacent to an activating group) is 1. The molecule has 18 atom stereocenters. The maximum atomic E-state index is 14.5. The van der Waals surface area contributed by atoms with Crippen molar-refractivity contribution in [2.24, 2.45) is 28.8 Å². The summed E-state index contributed by atoms with van der Waals surface area (Å²) in [7, 11) is 5.26. The van der Waals surface area contributed by atoms with Crippen LogP contribution in [0.5, 0.6) is 0 Å². The molecule has 0 spiro atoms. The summed E-state index contributed by atoms with van der Waals surface area (Å²) in [5, 5.41) is 53.3. The summed E-state index contributed by atoms with van der Waals surface area (Å²) < 4.78 is 44.0. The third-order valence-corrected chi connectivity index (χ3v) is 13.9. The first-order valence-corrected chi connectivity index (χ1v) is 23.6. The van der Waals surface area contributed by atoms with Crippen LogP contribution < -0.4 is 0 Å². The average Bonchev–Trinajstić information content (AvgIpc) is 3.20. The Morgan fingerprint density at radius 2 is 1.52 bits per heavy atom. The highest BCUT2D eigenvalue weighted by molar-refractivity contribution is 5.88. The SMILES string of the molecule is CCCCCCCCO/N=C1\[C@H](C)CC(C)(O)[C@H](O[C@@H]2O[C@H](C)C[C@H](N(C)C)[C@H]2O)[C@@H](C)[C@H](O[C@H]2C[C@@](C)(OC)[C@@H](OC(C)=O)[C@H](C)O2)[C@@H](C)C(=O)O[C@@H](CC)[C@@](C)(O)[C@H](O)[C@@H]1C. The Kier molecular flexibility index (Phi) is 21.2. The first-order valence-electron chi connectivity index (χ1n) is 23.6. The minimum Gasteiger partial charge on any atom is -0.459 e. The number of methoxy groups -OCH3 is 1. The highest BCUT2D eigenvalue weighted by atomic mass is 16.7. The fraction of sp³-hybridized carbons (Fsp3) is 0.936. The Balaban J connectivity index is 2.20. The molecular weight excluding hydrogens is 817 g/mol. The van der Waals surface area contributed by atoms with Gasteiger partial charge >= 0.3 is 11.9 Å². The average molecular weight is 903 g/mol. The Hall–Kier alpha value is -1.99. The summed E-state index contributed by atoms with van der Waals surface area (Å²) >= 11 is 0. The van der Waals surface area contributed by atoms with Crippen LogP contribution in [0.4, 0.5) is 0 Å². The normalized spacial score (nSPS) is 43.0. The number of esters is 2. The van der Waals surface area contributed by atoms with Gasteiger partial charge in [-0.2, -0.15) is 0 Å². The molecule has 368 valence electrons. The molecule has 3 rings (SSSR count). The molecule has 0 saturated carbocycles. The van der Waals surface area contributed by atoms with Crippen LogP contribution in [-0.2, 0) is 47.6 Å². The van der Waals surface area contributed by atoms with Crippen LogP contribution >= 0.6 is 0 Å². The quantitative estimate of drug-likeness (QED) is 0.0856. The molecule has 0 radical (unpaired) electrons. The number of rotatable bonds is 16. The fourth-order valence-corrected chi connectivity index (χ4v) is 10.0. The molecule has 4 N–H and O–H groups in total. The number of nitrogens with zero attached hydrogens (tertiary/aromatic N) is 2. The standard InChI is InChI=1S/C47H86N2O14/c1-16-18-19-20-21-22-23-57-48-37-27(3)25-45(10,54)41(63-44-38(51)34(49(13)14)24-28(4)58-44)30(6)39(31(7)43(53)61-35(17-2)47(12,55)40(52)29(37)5)62-36-26-46(11,56-15)42(32(8)59-36)60-33(9)50/h27-32,34-36,38-42,44,51-52,54-55H,16-26H2,1-15H3/b48-37+/t27-,28-,29-,30+,31-,32+,34+,35+,36+,38-,39+,40-,41-,42+,44+,45?,46-,47-/m1/s1. The van der Waals surface area contributed by atoms with Crippen LogP contribution in [0.1, 0.15) is 147 Å². The summed E-state index contributed by atoms with van der Waals surface area (Å²) in [5.74, 6) is -4.50. The van der Waals surface area contributed by atoms with E-state index in [0.717, 1.165) is 32.1 Å². The van der Waals surface area contributed by atoms with Crippen molar-refractivity contribution in [3.63, 3.8) is 0 Å². The summed E-state index contributed by atoms with van der Waals surface area (Å²) in [6.45, 7) is 21.2. The van der Waals surface area contributed by atoms with E-state index in [0.29, 0.717) is 18.7 Å². The van der Waals surface area contributed by atoms with Gasteiger partial charge in [0, 0.05) is 44.2 Å². The van der Waals surface area contributed by atoms with Gasteiger partial charge in [0.2, 0.25) is 0 Å². The van der Waals surface area contributed by atoms with Gasteiger partial charge in [-0.15, -0.1) is 0 Å². The largest absolute Gasteiger partial charge is 0.459 e. The minimum atomic E-state index is -1.94. The monoisotopic (exact) mass is 903 g/mol. The van der Waals surface area contributed by atoms with Crippen molar-refractivity contribution in [3.8, 4) is 0 Å². The zero-order chi connectivity index (χ0) is 47.6. The van der Waals surface area contributed by atoms with E-state index in [1.807, 2.05) is 32.8 Å². The van der Waals surface area contributed by atoms with E-state index in [2.05, 4.69) is 12.1 Å². The van der Waals surface area contributed by atoms with Crippen molar-refractivity contribution in [3.05, 3.63) is 0 Å². The van der Waals surface area contributed by atoms with E-state index in [1.165, 1.54) is 27.4 Å². The zero-order valence-electron chi connectivity index (χ0n) is 41.2. The molecule has 3 saturated heterocycles. The van der Waals surface area contributed by atoms with Crippen molar-refractivity contribution in [1.82, 2.24) is 4.90 Å². The fourth-order valence-electron chi connectivity index (χ4n) is 10.0. The summed E-state index contributed by atoms with van der Waals surface area (Å²) in [6, 6.07) is -0.324. The van der Waals surface area contributed by atoms with Crippen LogP contribution in [0, 0.1) is 23.7 Å². The van der Waals surface area contributed by atoms with Gasteiger partial charge in [-0.3, -0.25) is 9.59 Å². The molecule has 0 aromatic carbocycles. The van der Waals surface area contributed by atoms with Gasteiger partial charge in [-0.05, 0) is 87.7 Å². The number of unbranched alkanes of at least 4 members (excludes halogenated alkanes) is 5. The van der Waals surface area contributed by atoms with Crippen LogP contribution in [0.3, 0.4) is 0 Å². The topological polar surface area (TPSA) is 204 Å². The molecule has 1 unspecified atom stereocenters. The lowest BCUT2D eigenvalue weighted by Gasteiger charge is -2.49. The molecule has 0 bridgehead atoms. The van der Waals surface area contributed by atoms with E-state index in [1.54, 1.807) is 48.5 Å². The van der Waals surface area contributed by atoms with E-state index in [-0.39, 0.29) is 31.4 Å². The summed E-state index contributed by atoms with van der Waals surface area (Å²) in [6.07, 6.45) is -2.80. The van der Waals surface area contributed by atoms with E-state index in [9.17, 15) is 30.0 Å². The smallest absolute Gasteiger partial charge is 0.311 e. The molecule has 0 aromatic heterocycles. The molecule has 16 heteroatoms. The van der Waals surface area contributed by atoms with Crippen molar-refractivity contribution < 1.29 is 68.0 Å². The van der Waals surface area contributed by atoms with E-state index < -0.39 is 108 Å². The second kappa shape index (κ2) is 24.2.